The van der Waals surface area contributed by atoms with Crippen LogP contribution in [0.3, 0.4) is 0 Å². The third-order valence-corrected chi connectivity index (χ3v) is 11.1. The number of hydrogen-bond acceptors (Lipinski definition) is 4. The number of pyridine rings is 3. The highest BCUT2D eigenvalue weighted by atomic mass is 32.2. The van der Waals surface area contributed by atoms with Crippen molar-refractivity contribution in [2.24, 2.45) is 0 Å². The fourth-order valence-electron chi connectivity index (χ4n) is 7.85. The molecule has 47 heavy (non-hydrogen) atoms. The van der Waals surface area contributed by atoms with E-state index in [1.54, 1.807) is 0 Å². The maximum Gasteiger partial charge on any atom is 0.0900 e. The second kappa shape index (κ2) is 10.6. The summed E-state index contributed by atoms with van der Waals surface area (Å²) in [7, 11) is 0. The number of benzene rings is 4. The number of rotatable bonds is 3. The Kier molecular flexibility index (Phi) is 6.31. The van der Waals surface area contributed by atoms with Gasteiger partial charge in [-0.2, -0.15) is 0 Å². The van der Waals surface area contributed by atoms with Crippen LogP contribution in [-0.2, 0) is 10.8 Å². The topological polar surface area (TPSA) is 38.7 Å². The van der Waals surface area contributed by atoms with Crippen LogP contribution < -0.4 is 0 Å². The van der Waals surface area contributed by atoms with Crippen molar-refractivity contribution in [1.82, 2.24) is 15.0 Å². The number of nitrogens with zero attached hydrogens (tertiary/aromatic N) is 3. The van der Waals surface area contributed by atoms with Gasteiger partial charge in [0.15, 0.2) is 0 Å². The molecule has 9 rings (SSSR count). The van der Waals surface area contributed by atoms with Crippen LogP contribution in [0.25, 0.3) is 33.9 Å². The van der Waals surface area contributed by atoms with E-state index in [0.717, 1.165) is 28.3 Å². The molecule has 0 saturated carbocycles. The first-order valence-corrected chi connectivity index (χ1v) is 16.8. The van der Waals surface area contributed by atoms with Gasteiger partial charge < -0.3 is 0 Å². The highest BCUT2D eigenvalue weighted by Crippen LogP contribution is 2.62. The molecule has 224 valence electrons. The Bertz CT molecular complexity index is 2200. The highest BCUT2D eigenvalue weighted by Gasteiger charge is 2.52. The largest absolute Gasteiger partial charge is 0.255 e. The Morgan fingerprint density at radius 2 is 0.979 bits per heavy atom. The Morgan fingerprint density at radius 1 is 0.468 bits per heavy atom. The Balaban J connectivity index is 1.37. The number of hydrogen-bond donors (Lipinski definition) is 0. The van der Waals surface area contributed by atoms with Crippen molar-refractivity contribution in [2.75, 3.05) is 0 Å². The monoisotopic (exact) mass is 621 g/mol. The van der Waals surface area contributed by atoms with Crippen LogP contribution in [0.15, 0.2) is 162 Å². The molecule has 7 aromatic rings. The summed E-state index contributed by atoms with van der Waals surface area (Å²) in [5.74, 6) is 0. The van der Waals surface area contributed by atoms with Gasteiger partial charge in [0.05, 0.1) is 28.2 Å². The lowest BCUT2D eigenvalue weighted by atomic mass is 9.54. The minimum absolute atomic E-state index is 0.143. The molecular formula is C43H31N3S. The summed E-state index contributed by atoms with van der Waals surface area (Å²) >= 11 is 1.87. The Morgan fingerprint density at radius 3 is 1.55 bits per heavy atom. The van der Waals surface area contributed by atoms with Crippen LogP contribution in [0.1, 0.15) is 47.2 Å². The first kappa shape index (κ1) is 27.9. The van der Waals surface area contributed by atoms with Gasteiger partial charge in [-0.15, -0.1) is 0 Å². The van der Waals surface area contributed by atoms with E-state index in [1.807, 2.05) is 60.6 Å². The first-order chi connectivity index (χ1) is 23.1. The van der Waals surface area contributed by atoms with Gasteiger partial charge in [0, 0.05) is 27.6 Å². The van der Waals surface area contributed by atoms with Crippen LogP contribution in [0.4, 0.5) is 0 Å². The molecule has 4 heterocycles. The van der Waals surface area contributed by atoms with Gasteiger partial charge in [-0.1, -0.05) is 123 Å². The molecule has 0 amide bonds. The van der Waals surface area contributed by atoms with Crippen molar-refractivity contribution >= 4 is 11.8 Å². The van der Waals surface area contributed by atoms with E-state index in [2.05, 4.69) is 127 Å². The van der Waals surface area contributed by atoms with Gasteiger partial charge in [0.25, 0.3) is 0 Å². The standard InChI is InChI=1S/C43H31N3S/c1-42(2)30-15-3-5-17-32(30)43(33-18-6-4-16-31(33)42)34-19-7-8-23-40(34)47-41-29(14-13-20-35(41)43)28-26-38(36-21-9-11-24-44-36)46-39(27-28)37-22-10-12-25-45-37/h3-27H,1-2H3. The quantitative estimate of drug-likeness (QED) is 0.197. The molecule has 1 aliphatic carbocycles. The van der Waals surface area contributed by atoms with Crippen molar-refractivity contribution in [3.8, 4) is 33.9 Å². The van der Waals surface area contributed by atoms with E-state index in [9.17, 15) is 0 Å². The predicted octanol–water partition coefficient (Wildman–Crippen LogP) is 10.4. The van der Waals surface area contributed by atoms with E-state index in [-0.39, 0.29) is 5.41 Å². The molecular weight excluding hydrogens is 591 g/mol. The maximum absolute atomic E-state index is 5.07. The Labute approximate surface area is 279 Å². The summed E-state index contributed by atoms with van der Waals surface area (Å²) in [6, 6.07) is 50.4. The minimum Gasteiger partial charge on any atom is -0.255 e. The lowest BCUT2D eigenvalue weighted by molar-refractivity contribution is 0.549. The van der Waals surface area contributed by atoms with Crippen LogP contribution in [0.2, 0.25) is 0 Å². The summed E-state index contributed by atoms with van der Waals surface area (Å²) in [5.41, 5.74) is 13.1. The zero-order chi connectivity index (χ0) is 31.6. The molecule has 1 spiro atoms. The van der Waals surface area contributed by atoms with Crippen LogP contribution in [-0.4, -0.2) is 15.0 Å². The molecule has 4 heteroatoms. The first-order valence-electron chi connectivity index (χ1n) is 16.0. The fourth-order valence-corrected chi connectivity index (χ4v) is 9.17. The van der Waals surface area contributed by atoms with E-state index in [1.165, 1.54) is 48.7 Å². The van der Waals surface area contributed by atoms with Crippen molar-refractivity contribution in [2.45, 2.75) is 34.5 Å². The van der Waals surface area contributed by atoms with Crippen LogP contribution in [0.5, 0.6) is 0 Å². The molecule has 0 radical (unpaired) electrons. The van der Waals surface area contributed by atoms with Gasteiger partial charge in [-0.25, -0.2) is 4.98 Å². The van der Waals surface area contributed by atoms with Gasteiger partial charge in [-0.05, 0) is 87.0 Å². The molecule has 0 fully saturated rings. The second-order valence-electron chi connectivity index (χ2n) is 12.8. The summed E-state index contributed by atoms with van der Waals surface area (Å²) in [5, 5.41) is 0. The molecule has 3 nitrogen and oxygen atoms in total. The minimum atomic E-state index is -0.476. The summed E-state index contributed by atoms with van der Waals surface area (Å²) in [4.78, 5) is 17.0. The van der Waals surface area contributed by atoms with Gasteiger partial charge >= 0.3 is 0 Å². The van der Waals surface area contributed by atoms with Gasteiger partial charge in [0.1, 0.15) is 0 Å². The van der Waals surface area contributed by atoms with E-state index >= 15 is 0 Å². The predicted molar refractivity (Wildman–Crippen MR) is 191 cm³/mol. The fraction of sp³-hybridized carbons (Fsp3) is 0.0930. The molecule has 2 aliphatic rings. The lowest BCUT2D eigenvalue weighted by Crippen LogP contribution is -2.43. The second-order valence-corrected chi connectivity index (χ2v) is 13.9. The smallest absolute Gasteiger partial charge is 0.0900 e. The van der Waals surface area contributed by atoms with Crippen LogP contribution in [0, 0.1) is 0 Å². The normalized spacial score (nSPS) is 14.9. The van der Waals surface area contributed by atoms with Crippen LogP contribution >= 0.6 is 11.8 Å². The summed E-state index contributed by atoms with van der Waals surface area (Å²) in [6.45, 7) is 4.74. The molecule has 0 atom stereocenters. The molecule has 0 unspecified atom stereocenters. The maximum atomic E-state index is 5.07. The molecule has 0 N–H and O–H groups in total. The zero-order valence-corrected chi connectivity index (χ0v) is 27.0. The highest BCUT2D eigenvalue weighted by molar-refractivity contribution is 7.99. The van der Waals surface area contributed by atoms with Crippen molar-refractivity contribution < 1.29 is 0 Å². The summed E-state index contributed by atoms with van der Waals surface area (Å²) in [6.07, 6.45) is 3.65. The summed E-state index contributed by atoms with van der Waals surface area (Å²) < 4.78 is 0. The number of aromatic nitrogens is 3. The SMILES string of the molecule is CC1(C)c2ccccc2C2(c3ccccc3Sc3c(-c4cc(-c5ccccn5)nc(-c5ccccn5)c4)cccc32)c2ccccc21. The third-order valence-electron chi connectivity index (χ3n) is 9.92. The molecule has 0 saturated heterocycles. The molecule has 1 aliphatic heterocycles. The average molecular weight is 622 g/mol. The van der Waals surface area contributed by atoms with Crippen molar-refractivity contribution in [1.29, 1.82) is 0 Å². The van der Waals surface area contributed by atoms with E-state index < -0.39 is 5.41 Å². The average Bonchev–Trinajstić information content (AvgIpc) is 3.14. The van der Waals surface area contributed by atoms with Crippen molar-refractivity contribution in [3.05, 3.63) is 185 Å². The van der Waals surface area contributed by atoms with E-state index in [0.29, 0.717) is 0 Å². The van der Waals surface area contributed by atoms with E-state index in [4.69, 9.17) is 4.98 Å². The van der Waals surface area contributed by atoms with Gasteiger partial charge in [-0.3, -0.25) is 9.97 Å². The van der Waals surface area contributed by atoms with Gasteiger partial charge in [0.2, 0.25) is 0 Å². The molecule has 0 bridgehead atoms. The Hall–Kier alpha value is -5.32. The third kappa shape index (κ3) is 4.11. The number of fused-ring (bicyclic) bond motifs is 8. The lowest BCUT2D eigenvalue weighted by Gasteiger charge is -2.50. The van der Waals surface area contributed by atoms with Crippen molar-refractivity contribution in [3.63, 3.8) is 0 Å². The molecule has 3 aromatic heterocycles. The molecule has 4 aromatic carbocycles. The zero-order valence-electron chi connectivity index (χ0n) is 26.2.